The van der Waals surface area contributed by atoms with Gasteiger partial charge in [-0.05, 0) is 19.8 Å². The lowest BCUT2D eigenvalue weighted by atomic mass is 10.2. The van der Waals surface area contributed by atoms with E-state index in [1.165, 1.54) is 4.88 Å². The molecule has 1 nitrogen and oxygen atoms in total. The molecular weight excluding hydrogens is 201 g/mol. The molecule has 11 heavy (non-hydrogen) atoms. The molecule has 0 bridgehead atoms. The Morgan fingerprint density at radius 2 is 2.36 bits per heavy atom. The molecule has 0 fully saturated rings. The molecule has 0 unspecified atom stereocenters. The predicted molar refractivity (Wildman–Crippen MR) is 53.1 cm³/mol. The Morgan fingerprint density at radius 3 is 2.82 bits per heavy atom. The number of halogens is 2. The van der Waals surface area contributed by atoms with Crippen molar-refractivity contribution in [1.82, 2.24) is 4.98 Å². The van der Waals surface area contributed by atoms with Gasteiger partial charge >= 0.3 is 0 Å². The molecule has 0 saturated heterocycles. The van der Waals surface area contributed by atoms with Crippen LogP contribution in [0.2, 0.25) is 0 Å². The Hall–Kier alpha value is 0.210. The molecule has 0 aliphatic heterocycles. The first-order valence-corrected chi connectivity index (χ1v) is 4.71. The van der Waals surface area contributed by atoms with Crippen LogP contribution in [0.25, 0.3) is 0 Å². The van der Waals surface area contributed by atoms with Gasteiger partial charge in [0.15, 0.2) is 0 Å². The summed E-state index contributed by atoms with van der Waals surface area (Å²) in [6.45, 7) is 2.04. The van der Waals surface area contributed by atoms with E-state index in [0.29, 0.717) is 0 Å². The maximum atomic E-state index is 5.56. The van der Waals surface area contributed by atoms with Crippen molar-refractivity contribution in [3.05, 3.63) is 16.1 Å². The van der Waals surface area contributed by atoms with E-state index in [0.717, 1.165) is 24.4 Å². The smallest absolute Gasteiger partial charge is 0.0797 e. The molecule has 0 saturated carbocycles. The van der Waals surface area contributed by atoms with Gasteiger partial charge in [-0.15, -0.1) is 35.3 Å². The molecule has 0 radical (unpaired) electrons. The number of thiazole rings is 1. The zero-order chi connectivity index (χ0) is 7.40. The van der Waals surface area contributed by atoms with Crippen molar-refractivity contribution in [2.24, 2.45) is 0 Å². The van der Waals surface area contributed by atoms with Crippen molar-refractivity contribution in [3.63, 3.8) is 0 Å². The second kappa shape index (κ2) is 5.81. The highest BCUT2D eigenvalue weighted by atomic mass is 35.5. The SMILES string of the molecule is Cc1ncsc1CCCCl.Cl. The van der Waals surface area contributed by atoms with Crippen molar-refractivity contribution >= 4 is 35.3 Å². The summed E-state index contributed by atoms with van der Waals surface area (Å²) in [5.74, 6) is 0.747. The molecule has 1 aromatic rings. The van der Waals surface area contributed by atoms with Crippen molar-refractivity contribution < 1.29 is 0 Å². The van der Waals surface area contributed by atoms with Crippen LogP contribution in [0.1, 0.15) is 17.0 Å². The van der Waals surface area contributed by atoms with Crippen molar-refractivity contribution in [3.8, 4) is 0 Å². The molecule has 0 N–H and O–H groups in total. The third-order valence-corrected chi connectivity index (χ3v) is 2.64. The number of hydrogen-bond donors (Lipinski definition) is 0. The summed E-state index contributed by atoms with van der Waals surface area (Å²) < 4.78 is 0. The van der Waals surface area contributed by atoms with E-state index in [4.69, 9.17) is 11.6 Å². The van der Waals surface area contributed by atoms with Gasteiger partial charge in [-0.25, -0.2) is 4.98 Å². The number of nitrogens with zero attached hydrogens (tertiary/aromatic N) is 1. The summed E-state index contributed by atoms with van der Waals surface area (Å²) >= 11 is 7.27. The first-order chi connectivity index (χ1) is 4.84. The molecule has 0 spiro atoms. The van der Waals surface area contributed by atoms with Crippen LogP contribution in [-0.2, 0) is 6.42 Å². The second-order valence-corrected chi connectivity index (χ2v) is 3.47. The minimum Gasteiger partial charge on any atom is -0.250 e. The van der Waals surface area contributed by atoms with E-state index in [9.17, 15) is 0 Å². The number of alkyl halides is 1. The highest BCUT2D eigenvalue weighted by Gasteiger charge is 1.98. The third kappa shape index (κ3) is 3.41. The number of rotatable bonds is 3. The minimum atomic E-state index is 0. The Bertz CT molecular complexity index is 200. The van der Waals surface area contributed by atoms with Gasteiger partial charge in [0.1, 0.15) is 0 Å². The van der Waals surface area contributed by atoms with E-state index in [-0.39, 0.29) is 12.4 Å². The molecule has 0 amide bonds. The zero-order valence-corrected chi connectivity index (χ0v) is 8.73. The van der Waals surface area contributed by atoms with Crippen LogP contribution >= 0.6 is 35.3 Å². The zero-order valence-electron chi connectivity index (χ0n) is 6.34. The fourth-order valence-electron chi connectivity index (χ4n) is 0.794. The Labute approximate surface area is 82.2 Å². The third-order valence-electron chi connectivity index (χ3n) is 1.38. The van der Waals surface area contributed by atoms with Crippen LogP contribution < -0.4 is 0 Å². The van der Waals surface area contributed by atoms with Gasteiger partial charge in [0.2, 0.25) is 0 Å². The van der Waals surface area contributed by atoms with Gasteiger partial charge in [-0.3, -0.25) is 0 Å². The average molecular weight is 212 g/mol. The standard InChI is InChI=1S/C7H10ClNS.ClH/c1-6-7(3-2-4-8)10-5-9-6;/h5H,2-4H2,1H3;1H. The summed E-state index contributed by atoms with van der Waals surface area (Å²) in [7, 11) is 0. The predicted octanol–water partition coefficient (Wildman–Crippen LogP) is 3.04. The fourth-order valence-corrected chi connectivity index (χ4v) is 1.75. The molecule has 0 atom stereocenters. The summed E-state index contributed by atoms with van der Waals surface area (Å²) in [6.07, 6.45) is 2.14. The highest BCUT2D eigenvalue weighted by molar-refractivity contribution is 7.09. The minimum absolute atomic E-state index is 0. The van der Waals surface area contributed by atoms with E-state index in [1.54, 1.807) is 11.3 Å². The highest BCUT2D eigenvalue weighted by Crippen LogP contribution is 2.14. The Kier molecular flexibility index (Phi) is 5.92. The van der Waals surface area contributed by atoms with Crippen LogP contribution in [0.5, 0.6) is 0 Å². The monoisotopic (exact) mass is 211 g/mol. The van der Waals surface area contributed by atoms with Crippen LogP contribution in [0.4, 0.5) is 0 Å². The van der Waals surface area contributed by atoms with Crippen molar-refractivity contribution in [2.45, 2.75) is 19.8 Å². The molecule has 0 aliphatic carbocycles. The molecule has 1 heterocycles. The van der Waals surface area contributed by atoms with Gasteiger partial charge < -0.3 is 0 Å². The molecule has 4 heteroatoms. The Balaban J connectivity index is 0.000001000. The maximum Gasteiger partial charge on any atom is 0.0797 e. The lowest BCUT2D eigenvalue weighted by Gasteiger charge is -1.92. The maximum absolute atomic E-state index is 5.56. The van der Waals surface area contributed by atoms with E-state index in [2.05, 4.69) is 4.98 Å². The van der Waals surface area contributed by atoms with Crippen LogP contribution in [-0.4, -0.2) is 10.9 Å². The van der Waals surface area contributed by atoms with Crippen molar-refractivity contribution in [1.29, 1.82) is 0 Å². The van der Waals surface area contributed by atoms with E-state index in [1.807, 2.05) is 12.4 Å². The molecule has 0 aliphatic rings. The summed E-state index contributed by atoms with van der Waals surface area (Å²) in [5, 5.41) is 0. The van der Waals surface area contributed by atoms with Crippen LogP contribution in [0, 0.1) is 6.92 Å². The van der Waals surface area contributed by atoms with Crippen LogP contribution in [0.3, 0.4) is 0 Å². The summed E-state index contributed by atoms with van der Waals surface area (Å²) in [5.41, 5.74) is 3.05. The van der Waals surface area contributed by atoms with Crippen LogP contribution in [0.15, 0.2) is 5.51 Å². The lowest BCUT2D eigenvalue weighted by Crippen LogP contribution is -1.84. The Morgan fingerprint density at radius 1 is 1.64 bits per heavy atom. The van der Waals surface area contributed by atoms with Gasteiger partial charge in [-0.2, -0.15) is 0 Å². The average Bonchev–Trinajstić information content (AvgIpc) is 2.31. The first-order valence-electron chi connectivity index (χ1n) is 3.29. The van der Waals surface area contributed by atoms with Gasteiger partial charge in [0.05, 0.1) is 11.2 Å². The lowest BCUT2D eigenvalue weighted by molar-refractivity contribution is 0.932. The number of aromatic nitrogens is 1. The van der Waals surface area contributed by atoms with Crippen molar-refractivity contribution in [2.75, 3.05) is 5.88 Å². The topological polar surface area (TPSA) is 12.9 Å². The normalized spacial score (nSPS) is 9.27. The molecule has 1 aromatic heterocycles. The summed E-state index contributed by atoms with van der Waals surface area (Å²) in [4.78, 5) is 5.52. The molecule has 1 rings (SSSR count). The van der Waals surface area contributed by atoms with E-state index < -0.39 is 0 Å². The van der Waals surface area contributed by atoms with Gasteiger partial charge in [0.25, 0.3) is 0 Å². The van der Waals surface area contributed by atoms with Gasteiger partial charge in [-0.1, -0.05) is 0 Å². The quantitative estimate of drug-likeness (QED) is 0.701. The second-order valence-electron chi connectivity index (χ2n) is 2.15. The number of aryl methyl sites for hydroxylation is 2. The van der Waals surface area contributed by atoms with Gasteiger partial charge in [0, 0.05) is 10.8 Å². The first kappa shape index (κ1) is 11.2. The van der Waals surface area contributed by atoms with E-state index >= 15 is 0 Å². The molecule has 0 aromatic carbocycles. The summed E-state index contributed by atoms with van der Waals surface area (Å²) in [6, 6.07) is 0. The fraction of sp³-hybridized carbons (Fsp3) is 0.571. The molecule has 64 valence electrons. The largest absolute Gasteiger partial charge is 0.250 e. The number of hydrogen-bond acceptors (Lipinski definition) is 2. The molecular formula is C7H11Cl2NS.